The summed E-state index contributed by atoms with van der Waals surface area (Å²) in [5, 5.41) is 3.08. The first kappa shape index (κ1) is 9.99. The Morgan fingerprint density at radius 2 is 2.38 bits per heavy atom. The van der Waals surface area contributed by atoms with Gasteiger partial charge in [-0.3, -0.25) is 4.98 Å². The van der Waals surface area contributed by atoms with E-state index in [0.29, 0.717) is 0 Å². The average molecular weight is 180 g/mol. The molecule has 1 aromatic heterocycles. The van der Waals surface area contributed by atoms with E-state index in [0.717, 1.165) is 30.9 Å². The summed E-state index contributed by atoms with van der Waals surface area (Å²) in [5.41, 5.74) is 1.11. The largest absolute Gasteiger partial charge is 0.493 e. The lowest BCUT2D eigenvalue weighted by Crippen LogP contribution is -2.08. The standard InChI is InChI=1S/C10H16N2O/c1-3-6-13-10-4-5-12-8-9(10)7-11-2/h4-5,8,11H,3,6-7H2,1-2H3. The van der Waals surface area contributed by atoms with Crippen LogP contribution < -0.4 is 10.1 Å². The zero-order chi connectivity index (χ0) is 9.52. The molecule has 0 aromatic carbocycles. The first-order valence-corrected chi connectivity index (χ1v) is 4.58. The Morgan fingerprint density at radius 3 is 3.08 bits per heavy atom. The van der Waals surface area contributed by atoms with Gasteiger partial charge in [-0.15, -0.1) is 0 Å². The third-order valence-corrected chi connectivity index (χ3v) is 1.69. The molecular formula is C10H16N2O. The first-order valence-electron chi connectivity index (χ1n) is 4.58. The Morgan fingerprint density at radius 1 is 1.54 bits per heavy atom. The molecule has 0 aliphatic carbocycles. The van der Waals surface area contributed by atoms with Gasteiger partial charge in [-0.25, -0.2) is 0 Å². The van der Waals surface area contributed by atoms with Crippen LogP contribution in [0.15, 0.2) is 18.5 Å². The fourth-order valence-corrected chi connectivity index (χ4v) is 1.09. The first-order chi connectivity index (χ1) is 6.38. The highest BCUT2D eigenvalue weighted by Gasteiger charge is 2.00. The van der Waals surface area contributed by atoms with Gasteiger partial charge in [-0.1, -0.05) is 6.92 Å². The summed E-state index contributed by atoms with van der Waals surface area (Å²) in [7, 11) is 1.91. The monoisotopic (exact) mass is 180 g/mol. The molecule has 1 rings (SSSR count). The van der Waals surface area contributed by atoms with Gasteiger partial charge in [0.25, 0.3) is 0 Å². The SMILES string of the molecule is CCCOc1ccncc1CNC. The van der Waals surface area contributed by atoms with E-state index >= 15 is 0 Å². The van der Waals surface area contributed by atoms with Gasteiger partial charge < -0.3 is 10.1 Å². The van der Waals surface area contributed by atoms with Crippen molar-refractivity contribution in [3.8, 4) is 5.75 Å². The van der Waals surface area contributed by atoms with Crippen LogP contribution in [0.1, 0.15) is 18.9 Å². The predicted molar refractivity (Wildman–Crippen MR) is 52.8 cm³/mol. The maximum Gasteiger partial charge on any atom is 0.126 e. The highest BCUT2D eigenvalue weighted by molar-refractivity contribution is 5.29. The van der Waals surface area contributed by atoms with Crippen molar-refractivity contribution in [3.63, 3.8) is 0 Å². The van der Waals surface area contributed by atoms with Gasteiger partial charge >= 0.3 is 0 Å². The molecule has 0 saturated carbocycles. The predicted octanol–water partition coefficient (Wildman–Crippen LogP) is 1.59. The van der Waals surface area contributed by atoms with Gasteiger partial charge in [0.15, 0.2) is 0 Å². The van der Waals surface area contributed by atoms with Gasteiger partial charge in [0.1, 0.15) is 5.75 Å². The van der Waals surface area contributed by atoms with E-state index in [2.05, 4.69) is 17.2 Å². The van der Waals surface area contributed by atoms with Crippen LogP contribution >= 0.6 is 0 Å². The van der Waals surface area contributed by atoms with E-state index in [1.807, 2.05) is 19.3 Å². The molecule has 0 spiro atoms. The van der Waals surface area contributed by atoms with Gasteiger partial charge in [0.2, 0.25) is 0 Å². The number of pyridine rings is 1. The Labute approximate surface area is 79.1 Å². The summed E-state index contributed by atoms with van der Waals surface area (Å²) in [6, 6.07) is 1.91. The summed E-state index contributed by atoms with van der Waals surface area (Å²) in [5.74, 6) is 0.936. The summed E-state index contributed by atoms with van der Waals surface area (Å²) in [6.45, 7) is 3.66. The van der Waals surface area contributed by atoms with E-state index in [1.54, 1.807) is 6.20 Å². The minimum atomic E-state index is 0.765. The minimum Gasteiger partial charge on any atom is -0.493 e. The van der Waals surface area contributed by atoms with Crippen molar-refractivity contribution in [1.82, 2.24) is 10.3 Å². The number of hydrogen-bond donors (Lipinski definition) is 1. The number of nitrogens with one attached hydrogen (secondary N) is 1. The summed E-state index contributed by atoms with van der Waals surface area (Å²) in [6.07, 6.45) is 4.62. The maximum atomic E-state index is 5.56. The van der Waals surface area contributed by atoms with Crippen LogP contribution in [-0.4, -0.2) is 18.6 Å². The van der Waals surface area contributed by atoms with Crippen LogP contribution in [0.4, 0.5) is 0 Å². The molecule has 0 fully saturated rings. The van der Waals surface area contributed by atoms with Crippen molar-refractivity contribution >= 4 is 0 Å². The van der Waals surface area contributed by atoms with Crippen LogP contribution in [0, 0.1) is 0 Å². The van der Waals surface area contributed by atoms with Crippen molar-refractivity contribution in [3.05, 3.63) is 24.0 Å². The van der Waals surface area contributed by atoms with Crippen molar-refractivity contribution in [2.45, 2.75) is 19.9 Å². The van der Waals surface area contributed by atoms with Gasteiger partial charge in [0.05, 0.1) is 6.61 Å². The summed E-state index contributed by atoms with van der Waals surface area (Å²) < 4.78 is 5.56. The van der Waals surface area contributed by atoms with Crippen LogP contribution in [-0.2, 0) is 6.54 Å². The molecule has 0 aliphatic rings. The third kappa shape index (κ3) is 3.03. The lowest BCUT2D eigenvalue weighted by molar-refractivity contribution is 0.313. The summed E-state index contributed by atoms with van der Waals surface area (Å²) in [4.78, 5) is 4.05. The van der Waals surface area contributed by atoms with Crippen LogP contribution in [0.3, 0.4) is 0 Å². The molecule has 3 nitrogen and oxygen atoms in total. The number of hydrogen-bond acceptors (Lipinski definition) is 3. The second-order valence-corrected chi connectivity index (χ2v) is 2.86. The van der Waals surface area contributed by atoms with Gasteiger partial charge in [-0.05, 0) is 19.5 Å². The van der Waals surface area contributed by atoms with E-state index in [9.17, 15) is 0 Å². The second-order valence-electron chi connectivity index (χ2n) is 2.86. The lowest BCUT2D eigenvalue weighted by Gasteiger charge is -2.09. The molecule has 0 unspecified atom stereocenters. The van der Waals surface area contributed by atoms with Crippen LogP contribution in [0.25, 0.3) is 0 Å². The molecule has 0 aliphatic heterocycles. The second kappa shape index (κ2) is 5.54. The molecule has 0 atom stereocenters. The molecule has 1 N–H and O–H groups in total. The fourth-order valence-electron chi connectivity index (χ4n) is 1.09. The minimum absolute atomic E-state index is 0.765. The average Bonchev–Trinajstić information content (AvgIpc) is 2.17. The van der Waals surface area contributed by atoms with E-state index in [-0.39, 0.29) is 0 Å². The Balaban J connectivity index is 2.66. The Hall–Kier alpha value is -1.09. The van der Waals surface area contributed by atoms with Crippen molar-refractivity contribution in [2.75, 3.05) is 13.7 Å². The molecule has 1 heterocycles. The fraction of sp³-hybridized carbons (Fsp3) is 0.500. The van der Waals surface area contributed by atoms with Gasteiger partial charge in [0, 0.05) is 24.5 Å². The topological polar surface area (TPSA) is 34.1 Å². The highest BCUT2D eigenvalue weighted by atomic mass is 16.5. The Bertz CT molecular complexity index is 250. The van der Waals surface area contributed by atoms with Crippen molar-refractivity contribution in [1.29, 1.82) is 0 Å². The highest BCUT2D eigenvalue weighted by Crippen LogP contribution is 2.16. The molecule has 1 aromatic rings. The molecule has 0 amide bonds. The summed E-state index contributed by atoms with van der Waals surface area (Å²) >= 11 is 0. The van der Waals surface area contributed by atoms with E-state index in [4.69, 9.17) is 4.74 Å². The molecule has 0 saturated heterocycles. The van der Waals surface area contributed by atoms with Crippen LogP contribution in [0.2, 0.25) is 0 Å². The zero-order valence-corrected chi connectivity index (χ0v) is 8.21. The normalized spacial score (nSPS) is 10.0. The van der Waals surface area contributed by atoms with Crippen molar-refractivity contribution < 1.29 is 4.74 Å². The van der Waals surface area contributed by atoms with E-state index in [1.165, 1.54) is 0 Å². The van der Waals surface area contributed by atoms with Crippen molar-refractivity contribution in [2.24, 2.45) is 0 Å². The number of nitrogens with zero attached hydrogens (tertiary/aromatic N) is 1. The number of rotatable bonds is 5. The third-order valence-electron chi connectivity index (χ3n) is 1.69. The molecular weight excluding hydrogens is 164 g/mol. The lowest BCUT2D eigenvalue weighted by atomic mass is 10.2. The quantitative estimate of drug-likeness (QED) is 0.747. The van der Waals surface area contributed by atoms with Gasteiger partial charge in [-0.2, -0.15) is 0 Å². The number of aromatic nitrogens is 1. The smallest absolute Gasteiger partial charge is 0.126 e. The Kier molecular flexibility index (Phi) is 4.26. The van der Waals surface area contributed by atoms with Crippen LogP contribution in [0.5, 0.6) is 5.75 Å². The number of ether oxygens (including phenoxy) is 1. The maximum absolute atomic E-state index is 5.56. The zero-order valence-electron chi connectivity index (χ0n) is 8.21. The molecule has 13 heavy (non-hydrogen) atoms. The molecule has 0 bridgehead atoms. The molecule has 3 heteroatoms. The van der Waals surface area contributed by atoms with E-state index < -0.39 is 0 Å². The molecule has 0 radical (unpaired) electrons. The molecule has 72 valence electrons.